The van der Waals surface area contributed by atoms with Gasteiger partial charge in [-0.25, -0.2) is 4.99 Å². The Morgan fingerprint density at radius 1 is 1.16 bits per heavy atom. The van der Waals surface area contributed by atoms with E-state index in [1.54, 1.807) is 12.1 Å². The molecule has 1 aromatic heterocycles. The maximum atomic E-state index is 10.8. The van der Waals surface area contributed by atoms with Gasteiger partial charge in [-0.1, -0.05) is 0 Å². The van der Waals surface area contributed by atoms with Crippen LogP contribution < -0.4 is 0 Å². The van der Waals surface area contributed by atoms with Crippen LogP contribution in [0.2, 0.25) is 0 Å². The molecule has 19 heavy (non-hydrogen) atoms. The quantitative estimate of drug-likeness (QED) is 0.477. The first-order chi connectivity index (χ1) is 9.08. The molecule has 0 aliphatic heterocycles. The Kier molecular flexibility index (Phi) is 3.33. The van der Waals surface area contributed by atoms with E-state index in [2.05, 4.69) is 4.99 Å². The van der Waals surface area contributed by atoms with Gasteiger partial charge in [-0.15, -0.1) is 0 Å². The first kappa shape index (κ1) is 12.4. The number of hydrogen-bond donors (Lipinski definition) is 0. The molecule has 0 radical (unpaired) electrons. The van der Waals surface area contributed by atoms with Crippen LogP contribution in [0.25, 0.3) is 0 Å². The van der Waals surface area contributed by atoms with Crippen LogP contribution >= 0.6 is 0 Å². The summed E-state index contributed by atoms with van der Waals surface area (Å²) in [7, 11) is 0. The zero-order valence-corrected chi connectivity index (χ0v) is 9.42. The molecule has 0 saturated carbocycles. The molecule has 1 aromatic carbocycles. The lowest BCUT2D eigenvalue weighted by Gasteiger charge is -1.97. The van der Waals surface area contributed by atoms with Gasteiger partial charge in [0.05, 0.1) is 28.4 Å². The first-order valence-electron chi connectivity index (χ1n) is 5.08. The van der Waals surface area contributed by atoms with E-state index in [-0.39, 0.29) is 11.4 Å². The molecule has 0 amide bonds. The second-order valence-electron chi connectivity index (χ2n) is 3.46. The monoisotopic (exact) mass is 261 g/mol. The molecule has 0 saturated heterocycles. The highest BCUT2D eigenvalue weighted by molar-refractivity contribution is 5.80. The Hall–Kier alpha value is -3.03. The van der Waals surface area contributed by atoms with E-state index in [9.17, 15) is 20.2 Å². The predicted octanol–water partition coefficient (Wildman–Crippen LogP) is 2.85. The molecular formula is C11H7N3O5. The highest BCUT2D eigenvalue weighted by atomic mass is 16.6. The summed E-state index contributed by atoms with van der Waals surface area (Å²) >= 11 is 0. The van der Waals surface area contributed by atoms with Crippen LogP contribution in [0, 0.1) is 20.2 Å². The Labute approximate surface area is 106 Å². The number of non-ortho nitro benzene ring substituents is 1. The Morgan fingerprint density at radius 2 is 1.95 bits per heavy atom. The van der Waals surface area contributed by atoms with Crippen molar-refractivity contribution in [3.63, 3.8) is 0 Å². The zero-order valence-electron chi connectivity index (χ0n) is 9.42. The average Bonchev–Trinajstić information content (AvgIpc) is 2.89. The summed E-state index contributed by atoms with van der Waals surface area (Å²) in [4.78, 5) is 23.9. The molecule has 0 fully saturated rings. The van der Waals surface area contributed by atoms with Gasteiger partial charge in [0.2, 0.25) is 0 Å². The molecule has 0 unspecified atom stereocenters. The fraction of sp³-hybridized carbons (Fsp3) is 0. The van der Waals surface area contributed by atoms with Gasteiger partial charge in [-0.2, -0.15) is 0 Å². The van der Waals surface area contributed by atoms with E-state index in [4.69, 9.17) is 4.42 Å². The molecule has 0 N–H and O–H groups in total. The second-order valence-corrected chi connectivity index (χ2v) is 3.46. The number of nitro benzene ring substituents is 2. The highest BCUT2D eigenvalue weighted by Crippen LogP contribution is 2.31. The smallest absolute Gasteiger partial charge is 0.301 e. The van der Waals surface area contributed by atoms with Crippen LogP contribution in [0.15, 0.2) is 46.0 Å². The van der Waals surface area contributed by atoms with Crippen molar-refractivity contribution >= 4 is 23.3 Å². The summed E-state index contributed by atoms with van der Waals surface area (Å²) in [6, 6.07) is 6.51. The van der Waals surface area contributed by atoms with E-state index in [0.717, 1.165) is 12.1 Å². The topological polar surface area (TPSA) is 112 Å². The van der Waals surface area contributed by atoms with Crippen molar-refractivity contribution in [3.05, 3.63) is 62.6 Å². The van der Waals surface area contributed by atoms with Gasteiger partial charge < -0.3 is 4.42 Å². The maximum absolute atomic E-state index is 10.8. The fourth-order valence-corrected chi connectivity index (χ4v) is 1.38. The predicted molar refractivity (Wildman–Crippen MR) is 65.7 cm³/mol. The largest absolute Gasteiger partial charge is 0.463 e. The third-order valence-electron chi connectivity index (χ3n) is 2.24. The zero-order chi connectivity index (χ0) is 13.8. The lowest BCUT2D eigenvalue weighted by atomic mass is 10.2. The molecule has 1 heterocycles. The van der Waals surface area contributed by atoms with Gasteiger partial charge >= 0.3 is 5.69 Å². The van der Waals surface area contributed by atoms with E-state index >= 15 is 0 Å². The van der Waals surface area contributed by atoms with Gasteiger partial charge in [0, 0.05) is 6.07 Å². The number of furan rings is 1. The minimum absolute atomic E-state index is 0.0204. The molecule has 2 aromatic rings. The molecule has 0 atom stereocenters. The van der Waals surface area contributed by atoms with Crippen molar-refractivity contribution in [1.82, 2.24) is 0 Å². The lowest BCUT2D eigenvalue weighted by Crippen LogP contribution is -1.93. The minimum Gasteiger partial charge on any atom is -0.463 e. The van der Waals surface area contributed by atoms with Gasteiger partial charge in [0.25, 0.3) is 5.69 Å². The molecule has 8 heteroatoms. The molecule has 0 spiro atoms. The standard InChI is InChI=1S/C11H7N3O5/c15-13(16)8-3-4-10(11(6-8)14(17)18)12-7-9-2-1-5-19-9/h1-7H. The van der Waals surface area contributed by atoms with Crippen molar-refractivity contribution in [1.29, 1.82) is 0 Å². The number of rotatable bonds is 4. The Bertz CT molecular complexity index is 648. The highest BCUT2D eigenvalue weighted by Gasteiger charge is 2.18. The molecule has 2 rings (SSSR count). The number of nitro groups is 2. The molecule has 0 bridgehead atoms. The Balaban J connectivity index is 2.40. The minimum atomic E-state index is -0.720. The number of aliphatic imine (C=N–C) groups is 1. The maximum Gasteiger partial charge on any atom is 0.301 e. The summed E-state index contributed by atoms with van der Waals surface area (Å²) in [6.45, 7) is 0. The lowest BCUT2D eigenvalue weighted by molar-refractivity contribution is -0.393. The Morgan fingerprint density at radius 3 is 2.53 bits per heavy atom. The SMILES string of the molecule is O=[N+]([O-])c1ccc(N=Cc2ccco2)c([N+](=O)[O-])c1. The third-order valence-corrected chi connectivity index (χ3v) is 2.24. The normalized spacial score (nSPS) is 10.7. The van der Waals surface area contributed by atoms with Crippen molar-refractivity contribution in [3.8, 4) is 0 Å². The molecule has 0 aliphatic rings. The van der Waals surface area contributed by atoms with E-state index in [1.807, 2.05) is 0 Å². The summed E-state index contributed by atoms with van der Waals surface area (Å²) in [5.74, 6) is 0.424. The van der Waals surface area contributed by atoms with Gasteiger partial charge in [-0.3, -0.25) is 20.2 Å². The number of hydrogen-bond acceptors (Lipinski definition) is 6. The second kappa shape index (κ2) is 5.08. The molecule has 96 valence electrons. The summed E-state index contributed by atoms with van der Waals surface area (Å²) in [5, 5.41) is 21.4. The van der Waals surface area contributed by atoms with Crippen LogP contribution in [0.4, 0.5) is 17.1 Å². The third kappa shape index (κ3) is 2.80. The number of nitrogens with zero attached hydrogens (tertiary/aromatic N) is 3. The van der Waals surface area contributed by atoms with Gasteiger partial charge in [0.15, 0.2) is 0 Å². The first-order valence-corrected chi connectivity index (χ1v) is 5.08. The molecular weight excluding hydrogens is 254 g/mol. The molecule has 8 nitrogen and oxygen atoms in total. The summed E-state index contributed by atoms with van der Waals surface area (Å²) in [5.41, 5.74) is -0.771. The average molecular weight is 261 g/mol. The summed E-state index contributed by atoms with van der Waals surface area (Å²) < 4.78 is 4.99. The van der Waals surface area contributed by atoms with E-state index in [1.165, 1.54) is 18.5 Å². The van der Waals surface area contributed by atoms with Crippen LogP contribution in [0.1, 0.15) is 5.76 Å². The van der Waals surface area contributed by atoms with Crippen molar-refractivity contribution in [2.75, 3.05) is 0 Å². The summed E-state index contributed by atoms with van der Waals surface area (Å²) in [6.07, 6.45) is 2.74. The van der Waals surface area contributed by atoms with Crippen LogP contribution in [0.5, 0.6) is 0 Å². The van der Waals surface area contributed by atoms with E-state index < -0.39 is 15.5 Å². The molecule has 0 aliphatic carbocycles. The van der Waals surface area contributed by atoms with Crippen LogP contribution in [0.3, 0.4) is 0 Å². The van der Waals surface area contributed by atoms with Crippen LogP contribution in [-0.2, 0) is 0 Å². The van der Waals surface area contributed by atoms with Crippen LogP contribution in [-0.4, -0.2) is 16.1 Å². The van der Waals surface area contributed by atoms with Gasteiger partial charge in [-0.05, 0) is 18.2 Å². The van der Waals surface area contributed by atoms with E-state index in [0.29, 0.717) is 5.76 Å². The van der Waals surface area contributed by atoms with Gasteiger partial charge in [0.1, 0.15) is 11.4 Å². The van der Waals surface area contributed by atoms with Crippen molar-refractivity contribution in [2.45, 2.75) is 0 Å². The van der Waals surface area contributed by atoms with Crippen molar-refractivity contribution < 1.29 is 14.3 Å². The fourth-order valence-electron chi connectivity index (χ4n) is 1.38. The number of benzene rings is 1. The van der Waals surface area contributed by atoms with Crippen molar-refractivity contribution in [2.24, 2.45) is 4.99 Å².